The Balaban J connectivity index is 1.12. The van der Waals surface area contributed by atoms with Crippen LogP contribution >= 0.6 is 0 Å². The van der Waals surface area contributed by atoms with Gasteiger partial charge in [-0.1, -0.05) is 123 Å². The smallest absolute Gasteiger partial charge is 0.0541 e. The van der Waals surface area contributed by atoms with Crippen molar-refractivity contribution < 1.29 is 0 Å². The van der Waals surface area contributed by atoms with Crippen molar-refractivity contribution in [3.63, 3.8) is 0 Å². The summed E-state index contributed by atoms with van der Waals surface area (Å²) in [5, 5.41) is 2.53. The van der Waals surface area contributed by atoms with Crippen LogP contribution in [-0.2, 0) is 11.8 Å². The quantitative estimate of drug-likeness (QED) is 0.191. The van der Waals surface area contributed by atoms with Crippen molar-refractivity contribution in [2.24, 2.45) is 0 Å². The number of benzene rings is 7. The molecule has 238 valence electrons. The second-order valence-electron chi connectivity index (χ2n) is 14.3. The van der Waals surface area contributed by atoms with E-state index in [1.807, 2.05) is 6.07 Å². The van der Waals surface area contributed by atoms with Crippen molar-refractivity contribution >= 4 is 33.1 Å². The Morgan fingerprint density at radius 1 is 0.540 bits per heavy atom. The highest BCUT2D eigenvalue weighted by Gasteiger charge is 2.35. The minimum absolute atomic E-state index is 0.0379. The Morgan fingerprint density at radius 3 is 2.02 bits per heavy atom. The van der Waals surface area contributed by atoms with Gasteiger partial charge in [-0.2, -0.15) is 0 Å². The molecule has 2 aliphatic carbocycles. The van der Waals surface area contributed by atoms with Crippen LogP contribution in [0.25, 0.3) is 66.4 Å². The molecule has 0 amide bonds. The topological polar surface area (TPSA) is 30.9 Å². The Labute approximate surface area is 292 Å². The molecule has 1 aromatic heterocycles. The summed E-state index contributed by atoms with van der Waals surface area (Å²) in [6, 6.07) is 55.6. The van der Waals surface area contributed by atoms with E-state index in [1.54, 1.807) is 0 Å². The number of aromatic nitrogens is 1. The Morgan fingerprint density at radius 2 is 1.18 bits per heavy atom. The van der Waals surface area contributed by atoms with Crippen LogP contribution in [0.4, 0.5) is 5.69 Å². The molecule has 50 heavy (non-hydrogen) atoms. The summed E-state index contributed by atoms with van der Waals surface area (Å²) in [4.78, 5) is 0. The highest BCUT2D eigenvalue weighted by atomic mass is 15.0. The lowest BCUT2D eigenvalue weighted by Gasteiger charge is -2.22. The number of allylic oxidation sites excluding steroid dienone is 1. The van der Waals surface area contributed by atoms with E-state index in [0.29, 0.717) is 0 Å². The van der Waals surface area contributed by atoms with Gasteiger partial charge in [-0.25, -0.2) is 0 Å². The predicted molar refractivity (Wildman–Crippen MR) is 211 cm³/mol. The monoisotopic (exact) mass is 640 g/mol. The number of hydrogen-bond acceptors (Lipinski definition) is 1. The summed E-state index contributed by atoms with van der Waals surface area (Å²) in [7, 11) is 0. The molecule has 1 heterocycles. The average Bonchev–Trinajstić information content (AvgIpc) is 3.74. The van der Waals surface area contributed by atoms with Crippen LogP contribution in [-0.4, -0.2) is 4.57 Å². The van der Waals surface area contributed by atoms with Crippen LogP contribution in [0, 0.1) is 0 Å². The zero-order valence-electron chi connectivity index (χ0n) is 28.2. The van der Waals surface area contributed by atoms with Crippen molar-refractivity contribution in [2.45, 2.75) is 25.7 Å². The molecule has 0 spiro atoms. The Hall–Kier alpha value is -6.12. The maximum atomic E-state index is 6.59. The molecule has 0 aliphatic heterocycles. The molecule has 2 aliphatic rings. The SMILES string of the molecule is CC1(C)c2ccccc2-c2ccc(-c3ccc4c(c3)c3cc(C/C=C5/c6ccccc6-c6cccc(N)c65)ccc3n4-c3ccccc3)cc21. The summed E-state index contributed by atoms with van der Waals surface area (Å²) in [5.74, 6) is 0. The maximum Gasteiger partial charge on any atom is 0.0541 e. The standard InChI is InChI=1S/C48H36N2/c1-48(2)42-17-9-8-15-36(42)37-24-21-32(29-43(37)48)31-22-26-46-41(28-31)40-27-30(20-25-45(40)50(46)33-11-4-3-5-12-33)19-23-39-35-14-7-6-13-34(35)38-16-10-18-44(49)47(38)39/h3-18,20-29H,19,49H2,1-2H3/b39-23-. The van der Waals surface area contributed by atoms with Crippen molar-refractivity contribution in [3.05, 3.63) is 186 Å². The summed E-state index contributed by atoms with van der Waals surface area (Å²) < 4.78 is 2.41. The Kier molecular flexibility index (Phi) is 6.17. The lowest BCUT2D eigenvalue weighted by molar-refractivity contribution is 0.660. The first kappa shape index (κ1) is 28.9. The molecule has 7 aromatic carbocycles. The second-order valence-corrected chi connectivity index (χ2v) is 14.3. The fourth-order valence-electron chi connectivity index (χ4n) is 8.73. The van der Waals surface area contributed by atoms with Gasteiger partial charge >= 0.3 is 0 Å². The number of anilines is 1. The van der Waals surface area contributed by atoms with Crippen molar-refractivity contribution in [2.75, 3.05) is 5.73 Å². The molecular formula is C48H36N2. The van der Waals surface area contributed by atoms with Crippen LogP contribution in [0.3, 0.4) is 0 Å². The normalized spacial score (nSPS) is 14.6. The fraction of sp³-hybridized carbons (Fsp3) is 0.0833. The average molecular weight is 641 g/mol. The van der Waals surface area contributed by atoms with Crippen molar-refractivity contribution in [3.8, 4) is 39.1 Å². The van der Waals surface area contributed by atoms with Gasteiger partial charge in [-0.05, 0) is 116 Å². The molecule has 10 rings (SSSR count). The molecule has 8 aromatic rings. The fourth-order valence-corrected chi connectivity index (χ4v) is 8.73. The summed E-state index contributed by atoms with van der Waals surface area (Å²) in [6.45, 7) is 4.71. The lowest BCUT2D eigenvalue weighted by atomic mass is 9.81. The number of rotatable bonds is 4. The minimum Gasteiger partial charge on any atom is -0.398 e. The largest absolute Gasteiger partial charge is 0.398 e. The molecule has 2 heteroatoms. The van der Waals surface area contributed by atoms with Gasteiger partial charge in [0.25, 0.3) is 0 Å². The van der Waals surface area contributed by atoms with Crippen LogP contribution in [0.2, 0.25) is 0 Å². The van der Waals surface area contributed by atoms with Crippen molar-refractivity contribution in [1.29, 1.82) is 0 Å². The van der Waals surface area contributed by atoms with E-state index in [0.717, 1.165) is 17.7 Å². The van der Waals surface area contributed by atoms with Crippen molar-refractivity contribution in [1.82, 2.24) is 4.57 Å². The Bertz CT molecular complexity index is 2700. The van der Waals surface area contributed by atoms with E-state index >= 15 is 0 Å². The molecule has 0 saturated heterocycles. The summed E-state index contributed by atoms with van der Waals surface area (Å²) in [5.41, 5.74) is 26.4. The first-order chi connectivity index (χ1) is 24.5. The summed E-state index contributed by atoms with van der Waals surface area (Å²) in [6.07, 6.45) is 3.18. The number of hydrogen-bond donors (Lipinski definition) is 1. The zero-order chi connectivity index (χ0) is 33.6. The van der Waals surface area contributed by atoms with Crippen LogP contribution in [0.5, 0.6) is 0 Å². The van der Waals surface area contributed by atoms with E-state index in [2.05, 4.69) is 170 Å². The third-order valence-corrected chi connectivity index (χ3v) is 11.2. The summed E-state index contributed by atoms with van der Waals surface area (Å²) >= 11 is 0. The van der Waals surface area contributed by atoms with Crippen LogP contribution < -0.4 is 5.73 Å². The van der Waals surface area contributed by atoms with Gasteiger partial charge in [-0.3, -0.25) is 0 Å². The number of nitrogens with zero attached hydrogens (tertiary/aromatic N) is 1. The molecule has 2 nitrogen and oxygen atoms in total. The third kappa shape index (κ3) is 4.15. The molecule has 0 unspecified atom stereocenters. The molecule has 0 atom stereocenters. The van der Waals surface area contributed by atoms with Crippen LogP contribution in [0.1, 0.15) is 41.7 Å². The highest BCUT2D eigenvalue weighted by Crippen LogP contribution is 2.50. The number of para-hydroxylation sites is 1. The van der Waals surface area contributed by atoms with Gasteiger partial charge < -0.3 is 10.3 Å². The number of nitrogen functional groups attached to an aromatic ring is 1. The van der Waals surface area contributed by atoms with Gasteiger partial charge in [-0.15, -0.1) is 0 Å². The second kappa shape index (κ2) is 10.7. The number of nitrogens with two attached hydrogens (primary N) is 1. The van der Waals surface area contributed by atoms with Gasteiger partial charge in [0.2, 0.25) is 0 Å². The molecule has 0 bridgehead atoms. The molecule has 0 fully saturated rings. The van der Waals surface area contributed by atoms with E-state index in [1.165, 1.54) is 88.7 Å². The lowest BCUT2D eigenvalue weighted by Crippen LogP contribution is -2.14. The maximum absolute atomic E-state index is 6.59. The first-order valence-electron chi connectivity index (χ1n) is 17.5. The molecular weight excluding hydrogens is 605 g/mol. The van der Waals surface area contributed by atoms with E-state index in [9.17, 15) is 0 Å². The molecule has 0 saturated carbocycles. The number of fused-ring (bicyclic) bond motifs is 9. The van der Waals surface area contributed by atoms with E-state index in [4.69, 9.17) is 5.73 Å². The minimum atomic E-state index is -0.0379. The van der Waals surface area contributed by atoms with Gasteiger partial charge in [0, 0.05) is 33.1 Å². The van der Waals surface area contributed by atoms with E-state index < -0.39 is 0 Å². The van der Waals surface area contributed by atoms with Crippen LogP contribution in [0.15, 0.2) is 158 Å². The van der Waals surface area contributed by atoms with Gasteiger partial charge in [0.15, 0.2) is 0 Å². The molecule has 0 radical (unpaired) electrons. The predicted octanol–water partition coefficient (Wildman–Crippen LogP) is 12.0. The van der Waals surface area contributed by atoms with Gasteiger partial charge in [0.05, 0.1) is 11.0 Å². The molecule has 2 N–H and O–H groups in total. The van der Waals surface area contributed by atoms with E-state index in [-0.39, 0.29) is 5.41 Å². The van der Waals surface area contributed by atoms with Gasteiger partial charge in [0.1, 0.15) is 0 Å². The third-order valence-electron chi connectivity index (χ3n) is 11.2. The zero-order valence-corrected chi connectivity index (χ0v) is 28.2. The highest BCUT2D eigenvalue weighted by molar-refractivity contribution is 6.11. The first-order valence-corrected chi connectivity index (χ1v) is 17.5.